The van der Waals surface area contributed by atoms with E-state index in [1.54, 1.807) is 0 Å². The summed E-state index contributed by atoms with van der Waals surface area (Å²) in [7, 11) is 1.18. The number of carboxylic acid groups (broad SMARTS) is 1. The van der Waals surface area contributed by atoms with Gasteiger partial charge in [-0.15, -0.1) is 0 Å². The van der Waals surface area contributed by atoms with Crippen molar-refractivity contribution in [2.45, 2.75) is 31.1 Å². The summed E-state index contributed by atoms with van der Waals surface area (Å²) >= 11 is 0. The Morgan fingerprint density at radius 3 is 2.42 bits per heavy atom. The molecule has 0 amide bonds. The molecule has 104 valence electrons. The van der Waals surface area contributed by atoms with Crippen LogP contribution in [0.2, 0.25) is 0 Å². The monoisotopic (exact) mass is 274 g/mol. The van der Waals surface area contributed by atoms with E-state index >= 15 is 0 Å². The highest BCUT2D eigenvalue weighted by atomic mass is 19.3. The molecule has 3 nitrogen and oxygen atoms in total. The number of aliphatic carboxylic acids is 1. The molecule has 0 radical (unpaired) electrons. The van der Waals surface area contributed by atoms with Crippen LogP contribution in [0.3, 0.4) is 0 Å². The summed E-state index contributed by atoms with van der Waals surface area (Å²) in [6.45, 7) is 0. The molecular formula is C13H13F3O3. The van der Waals surface area contributed by atoms with E-state index in [2.05, 4.69) is 0 Å². The number of methoxy groups -OCH3 is 1. The van der Waals surface area contributed by atoms with Crippen molar-refractivity contribution in [3.8, 4) is 5.75 Å². The smallest absolute Gasteiger partial charge is 0.314 e. The fourth-order valence-electron chi connectivity index (χ4n) is 2.49. The SMILES string of the molecule is COc1c(C(F)F)cc(F)cc1C1(C(=O)O)CCC1. The number of rotatable bonds is 4. The van der Waals surface area contributed by atoms with Crippen LogP contribution in [0.4, 0.5) is 13.2 Å². The van der Waals surface area contributed by atoms with Crippen LogP contribution in [0.1, 0.15) is 36.8 Å². The molecule has 0 bridgehead atoms. The van der Waals surface area contributed by atoms with E-state index in [4.69, 9.17) is 4.74 Å². The second-order valence-electron chi connectivity index (χ2n) is 4.62. The molecular weight excluding hydrogens is 261 g/mol. The number of carboxylic acids is 1. The van der Waals surface area contributed by atoms with Crippen LogP contribution >= 0.6 is 0 Å². The molecule has 0 saturated heterocycles. The Balaban J connectivity index is 2.65. The number of hydrogen-bond donors (Lipinski definition) is 1. The third kappa shape index (κ3) is 2.05. The van der Waals surface area contributed by atoms with Crippen LogP contribution in [0, 0.1) is 5.82 Å². The van der Waals surface area contributed by atoms with Crippen molar-refractivity contribution >= 4 is 5.97 Å². The first-order valence-electron chi connectivity index (χ1n) is 5.82. The van der Waals surface area contributed by atoms with Crippen LogP contribution in [0.5, 0.6) is 5.75 Å². The normalized spacial score (nSPS) is 17.1. The molecule has 1 saturated carbocycles. The van der Waals surface area contributed by atoms with Crippen LogP contribution in [-0.4, -0.2) is 18.2 Å². The molecule has 6 heteroatoms. The molecule has 0 unspecified atom stereocenters. The molecule has 1 aliphatic carbocycles. The molecule has 1 aromatic rings. The van der Waals surface area contributed by atoms with Gasteiger partial charge in [0.05, 0.1) is 18.1 Å². The second-order valence-corrected chi connectivity index (χ2v) is 4.62. The number of benzene rings is 1. The Hall–Kier alpha value is -1.72. The summed E-state index contributed by atoms with van der Waals surface area (Å²) in [6, 6.07) is 1.67. The topological polar surface area (TPSA) is 46.5 Å². The minimum atomic E-state index is -2.92. The van der Waals surface area contributed by atoms with Gasteiger partial charge in [0.25, 0.3) is 6.43 Å². The van der Waals surface area contributed by atoms with E-state index in [-0.39, 0.29) is 11.3 Å². The molecule has 1 fully saturated rings. The summed E-state index contributed by atoms with van der Waals surface area (Å²) in [5.74, 6) is -2.24. The zero-order chi connectivity index (χ0) is 14.2. The Labute approximate surface area is 108 Å². The first-order valence-corrected chi connectivity index (χ1v) is 5.82. The van der Waals surface area contributed by atoms with E-state index in [0.717, 1.165) is 6.07 Å². The average Bonchev–Trinajstić information content (AvgIpc) is 2.26. The summed E-state index contributed by atoms with van der Waals surface area (Å²) in [5.41, 5.74) is -1.91. The highest BCUT2D eigenvalue weighted by Crippen LogP contribution is 2.49. The van der Waals surface area contributed by atoms with Crippen LogP contribution in [-0.2, 0) is 10.2 Å². The lowest BCUT2D eigenvalue weighted by Gasteiger charge is -2.39. The number of ether oxygens (including phenoxy) is 1. The lowest BCUT2D eigenvalue weighted by atomic mass is 9.64. The molecule has 2 rings (SSSR count). The van der Waals surface area contributed by atoms with Gasteiger partial charge in [0.15, 0.2) is 0 Å². The first-order chi connectivity index (χ1) is 8.92. The van der Waals surface area contributed by atoms with E-state index in [0.29, 0.717) is 25.3 Å². The van der Waals surface area contributed by atoms with Crippen LogP contribution in [0.15, 0.2) is 12.1 Å². The van der Waals surface area contributed by atoms with Gasteiger partial charge in [-0.25, -0.2) is 13.2 Å². The first kappa shape index (κ1) is 13.7. The van der Waals surface area contributed by atoms with Crippen LogP contribution in [0.25, 0.3) is 0 Å². The number of alkyl halides is 2. The van der Waals surface area contributed by atoms with Gasteiger partial charge in [-0.2, -0.15) is 0 Å². The van der Waals surface area contributed by atoms with E-state index in [1.165, 1.54) is 7.11 Å². The third-order valence-electron chi connectivity index (χ3n) is 3.65. The summed E-state index contributed by atoms with van der Waals surface area (Å²) < 4.78 is 44.2. The Kier molecular flexibility index (Phi) is 3.43. The summed E-state index contributed by atoms with van der Waals surface area (Å²) in [4.78, 5) is 11.4. The maximum absolute atomic E-state index is 13.5. The zero-order valence-corrected chi connectivity index (χ0v) is 10.3. The van der Waals surface area contributed by atoms with E-state index < -0.39 is 29.2 Å². The van der Waals surface area contributed by atoms with Gasteiger partial charge < -0.3 is 9.84 Å². The van der Waals surface area contributed by atoms with Gasteiger partial charge in [0.1, 0.15) is 11.6 Å². The fourth-order valence-corrected chi connectivity index (χ4v) is 2.49. The van der Waals surface area contributed by atoms with Crippen LogP contribution < -0.4 is 4.74 Å². The van der Waals surface area contributed by atoms with Gasteiger partial charge >= 0.3 is 5.97 Å². The van der Waals surface area contributed by atoms with Crippen molar-refractivity contribution in [2.75, 3.05) is 7.11 Å². The van der Waals surface area contributed by atoms with Gasteiger partial charge in [-0.1, -0.05) is 6.42 Å². The quantitative estimate of drug-likeness (QED) is 0.916. The predicted molar refractivity (Wildman–Crippen MR) is 61.1 cm³/mol. The summed E-state index contributed by atoms with van der Waals surface area (Å²) in [5, 5.41) is 9.31. The Bertz CT molecular complexity index is 510. The molecule has 0 spiro atoms. The molecule has 19 heavy (non-hydrogen) atoms. The second kappa shape index (κ2) is 4.75. The standard InChI is InChI=1S/C13H13F3O3/c1-19-10-8(11(15)16)5-7(14)6-9(10)13(12(17)18)3-2-4-13/h5-6,11H,2-4H2,1H3,(H,17,18). The Morgan fingerprint density at radius 2 is 2.05 bits per heavy atom. The van der Waals surface area contributed by atoms with Crippen molar-refractivity contribution in [3.63, 3.8) is 0 Å². The molecule has 0 heterocycles. The minimum absolute atomic E-state index is 0.00375. The van der Waals surface area contributed by atoms with Gasteiger partial charge in [0, 0.05) is 5.56 Å². The lowest BCUT2D eigenvalue weighted by molar-refractivity contribution is -0.147. The predicted octanol–water partition coefficient (Wildman–Crippen LogP) is 3.28. The maximum Gasteiger partial charge on any atom is 0.314 e. The molecule has 0 aromatic heterocycles. The van der Waals surface area contributed by atoms with Gasteiger partial charge in [0.2, 0.25) is 0 Å². The van der Waals surface area contributed by atoms with Crippen molar-refractivity contribution < 1.29 is 27.8 Å². The fraction of sp³-hybridized carbons (Fsp3) is 0.462. The van der Waals surface area contributed by atoms with Crippen molar-refractivity contribution in [1.82, 2.24) is 0 Å². The zero-order valence-electron chi connectivity index (χ0n) is 10.3. The summed E-state index contributed by atoms with van der Waals surface area (Å²) in [6.07, 6.45) is -1.67. The average molecular weight is 274 g/mol. The molecule has 0 atom stereocenters. The van der Waals surface area contributed by atoms with Crippen molar-refractivity contribution in [3.05, 3.63) is 29.1 Å². The number of hydrogen-bond acceptors (Lipinski definition) is 2. The largest absolute Gasteiger partial charge is 0.496 e. The lowest BCUT2D eigenvalue weighted by Crippen LogP contribution is -2.42. The van der Waals surface area contributed by atoms with Gasteiger partial charge in [-0.3, -0.25) is 4.79 Å². The molecule has 1 aliphatic rings. The van der Waals surface area contributed by atoms with Crippen molar-refractivity contribution in [1.29, 1.82) is 0 Å². The minimum Gasteiger partial charge on any atom is -0.496 e. The maximum atomic E-state index is 13.5. The molecule has 1 N–H and O–H groups in total. The van der Waals surface area contributed by atoms with E-state index in [9.17, 15) is 23.1 Å². The highest BCUT2D eigenvalue weighted by Gasteiger charge is 2.48. The molecule has 0 aliphatic heterocycles. The highest BCUT2D eigenvalue weighted by molar-refractivity contribution is 5.84. The van der Waals surface area contributed by atoms with Crippen molar-refractivity contribution in [2.24, 2.45) is 0 Å². The molecule has 1 aromatic carbocycles. The van der Waals surface area contributed by atoms with Gasteiger partial charge in [-0.05, 0) is 25.0 Å². The van der Waals surface area contributed by atoms with E-state index in [1.807, 2.05) is 0 Å². The Morgan fingerprint density at radius 1 is 1.42 bits per heavy atom. The number of carbonyl (C=O) groups is 1. The third-order valence-corrected chi connectivity index (χ3v) is 3.65. The number of halogens is 3.